The molecule has 3 heterocycles. The van der Waals surface area contributed by atoms with Gasteiger partial charge in [-0.15, -0.1) is 5.10 Å². The molecule has 1 fully saturated rings. The number of aliphatic hydroxyl groups excluding tert-OH is 1. The van der Waals surface area contributed by atoms with Crippen molar-refractivity contribution in [2.75, 3.05) is 26.4 Å². The molecule has 27 heavy (non-hydrogen) atoms. The van der Waals surface area contributed by atoms with Crippen molar-refractivity contribution < 1.29 is 14.6 Å². The van der Waals surface area contributed by atoms with Crippen molar-refractivity contribution in [1.29, 1.82) is 0 Å². The van der Waals surface area contributed by atoms with E-state index in [1.807, 2.05) is 36.4 Å². The number of hydrogen-bond acceptors (Lipinski definition) is 6. The zero-order valence-electron chi connectivity index (χ0n) is 15.0. The number of hydrogen-bond donors (Lipinski definition) is 1. The summed E-state index contributed by atoms with van der Waals surface area (Å²) < 4.78 is 12.8. The van der Waals surface area contributed by atoms with Crippen LogP contribution in [-0.4, -0.2) is 51.4 Å². The Morgan fingerprint density at radius 2 is 1.89 bits per heavy atom. The van der Waals surface area contributed by atoms with Crippen LogP contribution in [0.25, 0.3) is 11.0 Å². The zero-order valence-corrected chi connectivity index (χ0v) is 15.0. The van der Waals surface area contributed by atoms with Crippen molar-refractivity contribution in [3.05, 3.63) is 48.0 Å². The van der Waals surface area contributed by atoms with Gasteiger partial charge in [0, 0.05) is 19.6 Å². The quantitative estimate of drug-likeness (QED) is 0.765. The summed E-state index contributed by atoms with van der Waals surface area (Å²) in [7, 11) is 0. The molecule has 7 heteroatoms. The van der Waals surface area contributed by atoms with E-state index in [2.05, 4.69) is 26.0 Å². The van der Waals surface area contributed by atoms with Crippen LogP contribution in [0.3, 0.4) is 0 Å². The Kier molecular flexibility index (Phi) is 4.18. The fraction of sp³-hybridized carbons (Fsp3) is 0.400. The number of ether oxygens (including phenoxy) is 2. The lowest BCUT2D eigenvalue weighted by Crippen LogP contribution is -2.37. The number of aliphatic hydroxyl groups is 1. The normalized spacial score (nSPS) is 18.9. The van der Waals surface area contributed by atoms with Crippen LogP contribution >= 0.6 is 0 Å². The number of benzene rings is 2. The monoisotopic (exact) mass is 366 g/mol. The second-order valence-electron chi connectivity index (χ2n) is 7.18. The molecule has 1 atom stereocenters. The number of aromatic nitrogens is 3. The lowest BCUT2D eigenvalue weighted by atomic mass is 10.0. The van der Waals surface area contributed by atoms with E-state index in [0.717, 1.165) is 48.3 Å². The van der Waals surface area contributed by atoms with Crippen molar-refractivity contribution in [3.63, 3.8) is 0 Å². The van der Waals surface area contributed by atoms with Gasteiger partial charge in [0.2, 0.25) is 6.79 Å². The van der Waals surface area contributed by atoms with Crippen molar-refractivity contribution in [3.8, 4) is 11.5 Å². The maximum Gasteiger partial charge on any atom is 0.231 e. The minimum Gasteiger partial charge on any atom is -0.454 e. The lowest BCUT2D eigenvalue weighted by Gasteiger charge is -2.33. The molecule has 0 bridgehead atoms. The predicted molar refractivity (Wildman–Crippen MR) is 99.8 cm³/mol. The van der Waals surface area contributed by atoms with Gasteiger partial charge in [-0.25, -0.2) is 4.68 Å². The van der Waals surface area contributed by atoms with Gasteiger partial charge in [0.1, 0.15) is 5.52 Å². The average Bonchev–Trinajstić information content (AvgIpc) is 3.35. The van der Waals surface area contributed by atoms with E-state index < -0.39 is 6.10 Å². The van der Waals surface area contributed by atoms with Crippen LogP contribution in [0.5, 0.6) is 11.5 Å². The van der Waals surface area contributed by atoms with Crippen LogP contribution in [0.15, 0.2) is 42.5 Å². The second-order valence-corrected chi connectivity index (χ2v) is 7.18. The predicted octanol–water partition coefficient (Wildman–Crippen LogP) is 2.53. The van der Waals surface area contributed by atoms with E-state index in [-0.39, 0.29) is 6.79 Å². The first-order valence-corrected chi connectivity index (χ1v) is 9.38. The summed E-state index contributed by atoms with van der Waals surface area (Å²) in [6, 6.07) is 14.1. The lowest BCUT2D eigenvalue weighted by molar-refractivity contribution is 0.0891. The van der Waals surface area contributed by atoms with Gasteiger partial charge in [-0.2, -0.15) is 0 Å². The fourth-order valence-corrected chi connectivity index (χ4v) is 3.97. The third-order valence-corrected chi connectivity index (χ3v) is 5.49. The molecule has 0 spiro atoms. The molecule has 2 aliphatic heterocycles. The minimum absolute atomic E-state index is 0.249. The van der Waals surface area contributed by atoms with E-state index in [4.69, 9.17) is 9.47 Å². The van der Waals surface area contributed by atoms with E-state index in [1.165, 1.54) is 0 Å². The zero-order chi connectivity index (χ0) is 18.2. The van der Waals surface area contributed by atoms with Crippen LogP contribution in [0, 0.1) is 0 Å². The molecule has 5 rings (SSSR count). The number of rotatable bonds is 4. The summed E-state index contributed by atoms with van der Waals surface area (Å²) >= 11 is 0. The van der Waals surface area contributed by atoms with Gasteiger partial charge in [0.15, 0.2) is 11.5 Å². The molecule has 0 saturated carbocycles. The van der Waals surface area contributed by atoms with Crippen molar-refractivity contribution in [2.24, 2.45) is 0 Å². The molecule has 0 aliphatic carbocycles. The Balaban J connectivity index is 1.22. The third-order valence-electron chi connectivity index (χ3n) is 5.49. The topological polar surface area (TPSA) is 72.6 Å². The number of piperidine rings is 1. The van der Waals surface area contributed by atoms with Gasteiger partial charge in [-0.3, -0.25) is 0 Å². The summed E-state index contributed by atoms with van der Waals surface area (Å²) in [6.07, 6.45) is 1.46. The third kappa shape index (κ3) is 3.13. The summed E-state index contributed by atoms with van der Waals surface area (Å²) in [5.74, 6) is 1.45. The molecule has 3 aromatic rings. The van der Waals surface area contributed by atoms with E-state index >= 15 is 0 Å². The Bertz CT molecular complexity index is 949. The fourth-order valence-electron chi connectivity index (χ4n) is 3.97. The molecule has 0 radical (unpaired) electrons. The van der Waals surface area contributed by atoms with E-state index in [0.29, 0.717) is 18.3 Å². The summed E-state index contributed by atoms with van der Waals surface area (Å²) in [6.45, 7) is 2.73. The SMILES string of the molecule is OC(CN1CCC(n2nnc3ccccc32)CC1)c1ccc2c(c1)OCO2. The molecule has 2 aromatic carbocycles. The summed E-state index contributed by atoms with van der Waals surface area (Å²) in [5.41, 5.74) is 2.90. The molecule has 2 aliphatic rings. The largest absolute Gasteiger partial charge is 0.454 e. The summed E-state index contributed by atoms with van der Waals surface area (Å²) in [4.78, 5) is 2.31. The van der Waals surface area contributed by atoms with E-state index in [1.54, 1.807) is 0 Å². The first-order valence-electron chi connectivity index (χ1n) is 9.38. The smallest absolute Gasteiger partial charge is 0.231 e. The van der Waals surface area contributed by atoms with Crippen molar-refractivity contribution >= 4 is 11.0 Å². The molecule has 0 amide bonds. The maximum atomic E-state index is 10.6. The van der Waals surface area contributed by atoms with Crippen LogP contribution < -0.4 is 9.47 Å². The highest BCUT2D eigenvalue weighted by molar-refractivity contribution is 5.73. The number of likely N-dealkylation sites (tertiary alicyclic amines) is 1. The van der Waals surface area contributed by atoms with Crippen LogP contribution in [0.1, 0.15) is 30.6 Å². The highest BCUT2D eigenvalue weighted by atomic mass is 16.7. The molecular weight excluding hydrogens is 344 g/mol. The van der Waals surface area contributed by atoms with Crippen LogP contribution in [-0.2, 0) is 0 Å². The van der Waals surface area contributed by atoms with Crippen molar-refractivity contribution in [1.82, 2.24) is 19.9 Å². The van der Waals surface area contributed by atoms with E-state index in [9.17, 15) is 5.11 Å². The molecule has 140 valence electrons. The van der Waals surface area contributed by atoms with Gasteiger partial charge in [-0.1, -0.05) is 23.4 Å². The molecule has 1 saturated heterocycles. The molecule has 7 nitrogen and oxygen atoms in total. The van der Waals surface area contributed by atoms with Gasteiger partial charge >= 0.3 is 0 Å². The molecule has 1 unspecified atom stereocenters. The average molecular weight is 366 g/mol. The second kappa shape index (κ2) is 6.83. The van der Waals surface area contributed by atoms with Crippen LogP contribution in [0.2, 0.25) is 0 Å². The highest BCUT2D eigenvalue weighted by Gasteiger charge is 2.25. The number of nitrogens with zero attached hydrogens (tertiary/aromatic N) is 4. The number of β-amino-alcohol motifs (C(OH)–C–C–N with tert-alkyl or cyclic N) is 1. The Hall–Kier alpha value is -2.64. The first-order chi connectivity index (χ1) is 13.3. The highest BCUT2D eigenvalue weighted by Crippen LogP contribution is 2.34. The van der Waals surface area contributed by atoms with Gasteiger partial charge < -0.3 is 19.5 Å². The van der Waals surface area contributed by atoms with Gasteiger partial charge in [0.25, 0.3) is 0 Å². The number of fused-ring (bicyclic) bond motifs is 2. The molecular formula is C20H22N4O3. The Morgan fingerprint density at radius 3 is 2.78 bits per heavy atom. The Labute approximate surface area is 157 Å². The molecule has 1 aromatic heterocycles. The minimum atomic E-state index is -0.539. The molecule has 1 N–H and O–H groups in total. The van der Waals surface area contributed by atoms with Gasteiger partial charge in [0.05, 0.1) is 17.7 Å². The van der Waals surface area contributed by atoms with Gasteiger partial charge in [-0.05, 0) is 42.7 Å². The maximum absolute atomic E-state index is 10.6. The van der Waals surface area contributed by atoms with Crippen LogP contribution in [0.4, 0.5) is 0 Å². The summed E-state index contributed by atoms with van der Waals surface area (Å²) in [5, 5.41) is 19.3. The first kappa shape index (κ1) is 16.5. The number of para-hydroxylation sites is 1. The standard InChI is InChI=1S/C20H22N4O3/c25-18(14-5-6-19-20(11-14)27-13-26-19)12-23-9-7-15(8-10-23)24-17-4-2-1-3-16(17)21-22-24/h1-6,11,15,18,25H,7-10,12-13H2. The van der Waals surface area contributed by atoms with Crippen molar-refractivity contribution in [2.45, 2.75) is 25.0 Å². The Morgan fingerprint density at radius 1 is 1.07 bits per heavy atom.